The maximum absolute atomic E-state index is 9.98. The Morgan fingerprint density at radius 3 is 2.69 bits per heavy atom. The monoisotopic (exact) mass is 345 g/mol. The van der Waals surface area contributed by atoms with Gasteiger partial charge in [0.15, 0.2) is 5.69 Å². The minimum atomic E-state index is -0.298. The number of nitriles is 1. The third kappa shape index (κ3) is 3.98. The molecule has 0 amide bonds. The second-order valence-corrected chi connectivity index (χ2v) is 5.90. The highest BCUT2D eigenvalue weighted by molar-refractivity contribution is 5.83. The molecule has 130 valence electrons. The van der Waals surface area contributed by atoms with Crippen molar-refractivity contribution in [3.63, 3.8) is 0 Å². The summed E-state index contributed by atoms with van der Waals surface area (Å²) in [4.78, 5) is 8.53. The van der Waals surface area contributed by atoms with E-state index < -0.39 is 0 Å². The molecule has 0 radical (unpaired) electrons. The highest BCUT2D eigenvalue weighted by Gasteiger charge is 2.12. The van der Waals surface area contributed by atoms with Crippen LogP contribution in [0.3, 0.4) is 0 Å². The number of para-hydroxylation sites is 1. The molecule has 3 aromatic rings. The summed E-state index contributed by atoms with van der Waals surface area (Å²) in [5.74, 6) is 0.0350. The summed E-state index contributed by atoms with van der Waals surface area (Å²) in [7, 11) is 0. The summed E-state index contributed by atoms with van der Waals surface area (Å²) < 4.78 is 5.35. The van der Waals surface area contributed by atoms with E-state index in [0.29, 0.717) is 17.1 Å². The largest absolute Gasteiger partial charge is 0.479 e. The quantitative estimate of drug-likeness (QED) is 0.636. The molecule has 2 aromatic carbocycles. The molecule has 0 fully saturated rings. The Morgan fingerprint density at radius 2 is 1.96 bits per heavy atom. The fraction of sp³-hybridized carbons (Fsp3) is 0.190. The van der Waals surface area contributed by atoms with E-state index in [9.17, 15) is 5.11 Å². The van der Waals surface area contributed by atoms with Crippen LogP contribution in [-0.4, -0.2) is 16.3 Å². The molecule has 0 aliphatic rings. The molecule has 3 rings (SSSR count). The Bertz CT molecular complexity index is 950. The molecular weight excluding hydrogens is 326 g/mol. The Morgan fingerprint density at radius 1 is 1.19 bits per heavy atom. The van der Waals surface area contributed by atoms with Crippen molar-refractivity contribution in [2.75, 3.05) is 0 Å². The molecule has 0 spiro atoms. The SMILES string of the molecule is CCCCc1ccc(-c2nc(C=Nc3ccccc3C#N)c(O)o2)cc1. The van der Waals surface area contributed by atoms with Crippen LogP contribution in [0.1, 0.15) is 36.6 Å². The minimum Gasteiger partial charge on any atom is -0.479 e. The predicted octanol–water partition coefficient (Wildman–Crippen LogP) is 5.01. The first-order chi connectivity index (χ1) is 12.7. The number of aromatic nitrogens is 1. The van der Waals surface area contributed by atoms with Crippen molar-refractivity contribution in [2.24, 2.45) is 4.99 Å². The summed E-state index contributed by atoms with van der Waals surface area (Å²) in [6.45, 7) is 2.17. The van der Waals surface area contributed by atoms with E-state index in [2.05, 4.69) is 23.0 Å². The van der Waals surface area contributed by atoms with Crippen molar-refractivity contribution >= 4 is 11.9 Å². The first-order valence-electron chi connectivity index (χ1n) is 8.53. The third-order valence-electron chi connectivity index (χ3n) is 4.00. The molecule has 1 N–H and O–H groups in total. The number of nitrogens with zero attached hydrogens (tertiary/aromatic N) is 3. The first kappa shape index (κ1) is 17.4. The van der Waals surface area contributed by atoms with Gasteiger partial charge in [0.05, 0.1) is 17.5 Å². The molecule has 5 heteroatoms. The van der Waals surface area contributed by atoms with Crippen LogP contribution in [0.4, 0.5) is 5.69 Å². The maximum Gasteiger partial charge on any atom is 0.312 e. The highest BCUT2D eigenvalue weighted by Crippen LogP contribution is 2.27. The fourth-order valence-electron chi connectivity index (χ4n) is 2.54. The van der Waals surface area contributed by atoms with Gasteiger partial charge in [0.2, 0.25) is 5.89 Å². The number of unbranched alkanes of at least 4 members (excludes halogenated alkanes) is 1. The van der Waals surface area contributed by atoms with Crippen molar-refractivity contribution in [1.29, 1.82) is 5.26 Å². The molecular formula is C21H19N3O2. The lowest BCUT2D eigenvalue weighted by atomic mass is 10.1. The molecule has 5 nitrogen and oxygen atoms in total. The van der Waals surface area contributed by atoms with Crippen molar-refractivity contribution in [2.45, 2.75) is 26.2 Å². The molecule has 1 aromatic heterocycles. The molecule has 1 heterocycles. The summed E-state index contributed by atoms with van der Waals surface area (Å²) in [5, 5.41) is 19.1. The topological polar surface area (TPSA) is 82.4 Å². The summed E-state index contributed by atoms with van der Waals surface area (Å²) in [6.07, 6.45) is 4.76. The third-order valence-corrected chi connectivity index (χ3v) is 4.00. The van der Waals surface area contributed by atoms with Crippen LogP contribution in [0.5, 0.6) is 5.95 Å². The lowest BCUT2D eigenvalue weighted by molar-refractivity contribution is 0.337. The molecule has 0 unspecified atom stereocenters. The van der Waals surface area contributed by atoms with Gasteiger partial charge in [-0.2, -0.15) is 5.26 Å². The van der Waals surface area contributed by atoms with E-state index in [1.165, 1.54) is 11.8 Å². The van der Waals surface area contributed by atoms with Gasteiger partial charge in [-0.1, -0.05) is 37.6 Å². The lowest BCUT2D eigenvalue weighted by Crippen LogP contribution is -1.86. The van der Waals surface area contributed by atoms with Crippen LogP contribution in [0.2, 0.25) is 0 Å². The summed E-state index contributed by atoms with van der Waals surface area (Å²) in [6, 6.07) is 17.0. The number of benzene rings is 2. The number of hydrogen-bond donors (Lipinski definition) is 1. The molecule has 0 saturated carbocycles. The molecule has 26 heavy (non-hydrogen) atoms. The van der Waals surface area contributed by atoms with E-state index in [0.717, 1.165) is 24.8 Å². The summed E-state index contributed by atoms with van der Waals surface area (Å²) in [5.41, 5.74) is 3.25. The van der Waals surface area contributed by atoms with Gasteiger partial charge < -0.3 is 9.52 Å². The minimum absolute atomic E-state index is 0.225. The van der Waals surface area contributed by atoms with E-state index in [1.54, 1.807) is 24.3 Å². The maximum atomic E-state index is 9.98. The Hall–Kier alpha value is -3.39. The molecule has 0 bridgehead atoms. The first-order valence-corrected chi connectivity index (χ1v) is 8.53. The number of aromatic hydroxyl groups is 1. The van der Waals surface area contributed by atoms with E-state index in [1.807, 2.05) is 24.3 Å². The average Bonchev–Trinajstić information content (AvgIpc) is 3.06. The van der Waals surface area contributed by atoms with Crippen LogP contribution in [0.25, 0.3) is 11.5 Å². The second kappa shape index (κ2) is 8.13. The normalized spacial score (nSPS) is 10.9. The molecule has 0 atom stereocenters. The smallest absolute Gasteiger partial charge is 0.312 e. The zero-order valence-corrected chi connectivity index (χ0v) is 14.5. The number of aliphatic imine (C=N–C) groups is 1. The van der Waals surface area contributed by atoms with E-state index in [-0.39, 0.29) is 11.6 Å². The Kier molecular flexibility index (Phi) is 5.45. The number of oxazole rings is 1. The standard InChI is InChI=1S/C21H19N3O2/c1-2-3-6-15-9-11-16(12-10-15)20-24-19(21(25)26-20)14-23-18-8-5-4-7-17(18)13-22/h4-5,7-12,14,25H,2-3,6H2,1H3. The average molecular weight is 345 g/mol. The van der Waals surface area contributed by atoms with Gasteiger partial charge in [0, 0.05) is 5.56 Å². The lowest BCUT2D eigenvalue weighted by Gasteiger charge is -2.00. The fourth-order valence-corrected chi connectivity index (χ4v) is 2.54. The van der Waals surface area contributed by atoms with Gasteiger partial charge in [0.25, 0.3) is 0 Å². The predicted molar refractivity (Wildman–Crippen MR) is 101 cm³/mol. The van der Waals surface area contributed by atoms with Gasteiger partial charge in [-0.3, -0.25) is 4.99 Å². The molecule has 0 aliphatic heterocycles. The van der Waals surface area contributed by atoms with Crippen molar-refractivity contribution in [3.05, 3.63) is 65.4 Å². The Balaban J connectivity index is 1.81. The van der Waals surface area contributed by atoms with Gasteiger partial charge in [0.1, 0.15) is 6.07 Å². The van der Waals surface area contributed by atoms with E-state index in [4.69, 9.17) is 9.68 Å². The van der Waals surface area contributed by atoms with E-state index >= 15 is 0 Å². The van der Waals surface area contributed by atoms with Gasteiger partial charge in [-0.05, 0) is 42.7 Å². The zero-order chi connectivity index (χ0) is 18.4. The van der Waals surface area contributed by atoms with Crippen LogP contribution in [0, 0.1) is 11.3 Å². The highest BCUT2D eigenvalue weighted by atomic mass is 16.5. The van der Waals surface area contributed by atoms with Crippen LogP contribution in [-0.2, 0) is 6.42 Å². The van der Waals surface area contributed by atoms with Gasteiger partial charge in [-0.25, -0.2) is 4.98 Å². The van der Waals surface area contributed by atoms with Crippen LogP contribution < -0.4 is 0 Å². The zero-order valence-electron chi connectivity index (χ0n) is 14.5. The number of aryl methyl sites for hydroxylation is 1. The number of hydrogen-bond acceptors (Lipinski definition) is 5. The second-order valence-electron chi connectivity index (χ2n) is 5.90. The van der Waals surface area contributed by atoms with Crippen molar-refractivity contribution in [3.8, 4) is 23.5 Å². The number of rotatable bonds is 6. The van der Waals surface area contributed by atoms with Gasteiger partial charge >= 0.3 is 5.95 Å². The van der Waals surface area contributed by atoms with Crippen LogP contribution in [0.15, 0.2) is 57.9 Å². The molecule has 0 saturated heterocycles. The van der Waals surface area contributed by atoms with Crippen LogP contribution >= 0.6 is 0 Å². The molecule has 0 aliphatic carbocycles. The van der Waals surface area contributed by atoms with Crippen molar-refractivity contribution < 1.29 is 9.52 Å². The Labute approximate surface area is 152 Å². The summed E-state index contributed by atoms with van der Waals surface area (Å²) >= 11 is 0. The van der Waals surface area contributed by atoms with Gasteiger partial charge in [-0.15, -0.1) is 0 Å². The van der Waals surface area contributed by atoms with Crippen molar-refractivity contribution in [1.82, 2.24) is 4.98 Å².